The molecule has 1 aliphatic carbocycles. The topological polar surface area (TPSA) is 15.6 Å². The van der Waals surface area contributed by atoms with Crippen molar-refractivity contribution in [2.75, 3.05) is 5.01 Å². The lowest BCUT2D eigenvalue weighted by atomic mass is 9.77. The van der Waals surface area contributed by atoms with Gasteiger partial charge < -0.3 is 0 Å². The molecule has 4 heteroatoms. The second-order valence-electron chi connectivity index (χ2n) is 7.88. The number of anilines is 1. The average Bonchev–Trinajstić information content (AvgIpc) is 3.17. The Balaban J connectivity index is 1.58. The molecule has 0 saturated heterocycles. The Morgan fingerprint density at radius 2 is 1.50 bits per heavy atom. The normalized spacial score (nSPS) is 22.1. The largest absolute Gasteiger partial charge is 0.257 e. The third-order valence-electron chi connectivity index (χ3n) is 5.94. The van der Waals surface area contributed by atoms with Gasteiger partial charge in [-0.1, -0.05) is 42.5 Å². The molecule has 2 aliphatic rings. The van der Waals surface area contributed by atoms with Gasteiger partial charge in [-0.2, -0.15) is 5.10 Å². The Labute approximate surface area is 175 Å². The summed E-state index contributed by atoms with van der Waals surface area (Å²) in [5, 5.41) is 7.15. The molecular formula is C26H22F2N2. The SMILES string of the molecule is Fc1ccc(C=C2CCC[C@@H]3C2=NN(c2ccccc2)[C@@H]3c2ccc(F)cc2)cc1. The van der Waals surface area contributed by atoms with E-state index in [0.29, 0.717) is 0 Å². The Morgan fingerprint density at radius 3 is 2.20 bits per heavy atom. The summed E-state index contributed by atoms with van der Waals surface area (Å²) in [5.41, 5.74) is 5.35. The highest BCUT2D eigenvalue weighted by Gasteiger charge is 2.41. The number of rotatable bonds is 3. The van der Waals surface area contributed by atoms with Crippen molar-refractivity contribution in [3.63, 3.8) is 0 Å². The van der Waals surface area contributed by atoms with Crippen LogP contribution in [0.4, 0.5) is 14.5 Å². The fourth-order valence-corrected chi connectivity index (χ4v) is 4.55. The van der Waals surface area contributed by atoms with Gasteiger partial charge in [0.1, 0.15) is 11.6 Å². The van der Waals surface area contributed by atoms with Gasteiger partial charge in [-0.05, 0) is 78.4 Å². The van der Waals surface area contributed by atoms with Crippen molar-refractivity contribution in [2.45, 2.75) is 25.3 Å². The van der Waals surface area contributed by atoms with E-state index >= 15 is 0 Å². The van der Waals surface area contributed by atoms with Gasteiger partial charge in [0.25, 0.3) is 0 Å². The molecule has 0 amide bonds. The van der Waals surface area contributed by atoms with E-state index in [2.05, 4.69) is 23.2 Å². The number of nitrogens with zero attached hydrogens (tertiary/aromatic N) is 2. The van der Waals surface area contributed by atoms with Gasteiger partial charge in [-0.25, -0.2) is 8.78 Å². The first-order valence-electron chi connectivity index (χ1n) is 10.3. The molecule has 1 aliphatic heterocycles. The van der Waals surface area contributed by atoms with Crippen molar-refractivity contribution in [3.05, 3.63) is 107 Å². The number of benzene rings is 3. The number of hydrazone groups is 1. The van der Waals surface area contributed by atoms with Crippen LogP contribution < -0.4 is 5.01 Å². The molecule has 0 N–H and O–H groups in total. The minimum Gasteiger partial charge on any atom is -0.257 e. The highest BCUT2D eigenvalue weighted by Crippen LogP contribution is 2.46. The van der Waals surface area contributed by atoms with E-state index in [1.54, 1.807) is 12.1 Å². The summed E-state index contributed by atoms with van der Waals surface area (Å²) in [4.78, 5) is 0. The molecule has 30 heavy (non-hydrogen) atoms. The fraction of sp³-hybridized carbons (Fsp3) is 0.192. The maximum Gasteiger partial charge on any atom is 0.123 e. The van der Waals surface area contributed by atoms with Crippen molar-refractivity contribution >= 4 is 17.5 Å². The van der Waals surface area contributed by atoms with E-state index in [4.69, 9.17) is 5.10 Å². The van der Waals surface area contributed by atoms with Crippen molar-refractivity contribution in [1.29, 1.82) is 0 Å². The zero-order valence-electron chi connectivity index (χ0n) is 16.5. The van der Waals surface area contributed by atoms with Crippen LogP contribution >= 0.6 is 0 Å². The van der Waals surface area contributed by atoms with E-state index < -0.39 is 0 Å². The molecule has 0 bridgehead atoms. The predicted octanol–water partition coefficient (Wildman–Crippen LogP) is 6.77. The number of para-hydroxylation sites is 1. The first-order chi connectivity index (χ1) is 14.7. The van der Waals surface area contributed by atoms with Crippen molar-refractivity contribution in [1.82, 2.24) is 0 Å². The van der Waals surface area contributed by atoms with E-state index in [1.807, 2.05) is 30.3 Å². The first-order valence-corrected chi connectivity index (χ1v) is 10.3. The standard InChI is InChI=1S/C26H22F2N2/c27-21-13-9-18(10-14-21)17-20-5-4-8-24-25(20)29-30(23-6-2-1-3-7-23)26(24)19-11-15-22(28)16-12-19/h1-3,6-7,9-17,24,26H,4-5,8H2/t24-,26-/m1/s1. The highest BCUT2D eigenvalue weighted by atomic mass is 19.1. The molecule has 0 radical (unpaired) electrons. The molecule has 3 aromatic carbocycles. The first kappa shape index (κ1) is 18.7. The summed E-state index contributed by atoms with van der Waals surface area (Å²) in [6.45, 7) is 0. The minimum atomic E-state index is -0.233. The molecule has 1 saturated carbocycles. The van der Waals surface area contributed by atoms with Crippen LogP contribution in [0.25, 0.3) is 6.08 Å². The molecular weight excluding hydrogens is 378 g/mol. The minimum absolute atomic E-state index is 0.0277. The van der Waals surface area contributed by atoms with Crippen LogP contribution in [0, 0.1) is 17.6 Å². The predicted molar refractivity (Wildman–Crippen MR) is 117 cm³/mol. The number of allylic oxidation sites excluding steroid dienone is 1. The van der Waals surface area contributed by atoms with Crippen molar-refractivity contribution in [3.8, 4) is 0 Å². The Bertz CT molecular complexity index is 1090. The maximum absolute atomic E-state index is 13.6. The van der Waals surface area contributed by atoms with Crippen LogP contribution in [0.3, 0.4) is 0 Å². The Morgan fingerprint density at radius 1 is 0.833 bits per heavy atom. The molecule has 1 fully saturated rings. The number of hydrogen-bond acceptors (Lipinski definition) is 2. The monoisotopic (exact) mass is 400 g/mol. The molecule has 2 nitrogen and oxygen atoms in total. The van der Waals surface area contributed by atoms with Crippen LogP contribution in [0.5, 0.6) is 0 Å². The third-order valence-corrected chi connectivity index (χ3v) is 5.94. The number of fused-ring (bicyclic) bond motifs is 1. The maximum atomic E-state index is 13.6. The zero-order chi connectivity index (χ0) is 20.5. The summed E-state index contributed by atoms with van der Waals surface area (Å²) in [7, 11) is 0. The van der Waals surface area contributed by atoms with Gasteiger partial charge in [-0.15, -0.1) is 0 Å². The van der Waals surface area contributed by atoms with Gasteiger partial charge >= 0.3 is 0 Å². The van der Waals surface area contributed by atoms with Crippen LogP contribution in [-0.2, 0) is 0 Å². The van der Waals surface area contributed by atoms with Gasteiger partial charge in [0.15, 0.2) is 0 Å². The molecule has 0 aromatic heterocycles. The molecule has 1 heterocycles. The molecule has 2 atom stereocenters. The third kappa shape index (κ3) is 3.54. The quantitative estimate of drug-likeness (QED) is 0.474. The average molecular weight is 400 g/mol. The van der Waals surface area contributed by atoms with Gasteiger partial charge in [0.2, 0.25) is 0 Å². The fourth-order valence-electron chi connectivity index (χ4n) is 4.55. The lowest BCUT2D eigenvalue weighted by Gasteiger charge is -2.30. The summed E-state index contributed by atoms with van der Waals surface area (Å²) >= 11 is 0. The number of hydrogen-bond donors (Lipinski definition) is 0. The molecule has 150 valence electrons. The van der Waals surface area contributed by atoms with E-state index in [1.165, 1.54) is 29.8 Å². The molecule has 0 unspecified atom stereocenters. The molecule has 0 spiro atoms. The van der Waals surface area contributed by atoms with Gasteiger partial charge in [0, 0.05) is 5.92 Å². The second-order valence-corrected chi connectivity index (χ2v) is 7.88. The summed E-state index contributed by atoms with van der Waals surface area (Å²) in [6, 6.07) is 23.5. The van der Waals surface area contributed by atoms with Crippen molar-refractivity contribution in [2.24, 2.45) is 11.0 Å². The van der Waals surface area contributed by atoms with Gasteiger partial charge in [0.05, 0.1) is 17.4 Å². The van der Waals surface area contributed by atoms with Crippen LogP contribution in [0.15, 0.2) is 89.5 Å². The summed E-state index contributed by atoms with van der Waals surface area (Å²) in [6.07, 6.45) is 5.17. The lowest BCUT2D eigenvalue weighted by molar-refractivity contribution is 0.487. The molecule has 3 aromatic rings. The van der Waals surface area contributed by atoms with Crippen LogP contribution in [0.2, 0.25) is 0 Å². The lowest BCUT2D eigenvalue weighted by Crippen LogP contribution is -2.28. The van der Waals surface area contributed by atoms with Crippen molar-refractivity contribution < 1.29 is 8.78 Å². The number of halogens is 2. The van der Waals surface area contributed by atoms with Crippen LogP contribution in [0.1, 0.15) is 36.4 Å². The van der Waals surface area contributed by atoms with Gasteiger partial charge in [-0.3, -0.25) is 5.01 Å². The Hall–Kier alpha value is -3.27. The summed E-state index contributed by atoms with van der Waals surface area (Å²) < 4.78 is 26.9. The second kappa shape index (κ2) is 7.86. The van der Waals surface area contributed by atoms with E-state index in [9.17, 15) is 8.78 Å². The smallest absolute Gasteiger partial charge is 0.123 e. The Kier molecular flexibility index (Phi) is 4.91. The van der Waals surface area contributed by atoms with E-state index in [0.717, 1.165) is 41.8 Å². The molecule has 5 rings (SSSR count). The zero-order valence-corrected chi connectivity index (χ0v) is 16.5. The van der Waals surface area contributed by atoms with Crippen LogP contribution in [-0.4, -0.2) is 5.71 Å². The highest BCUT2D eigenvalue weighted by molar-refractivity contribution is 6.08. The van der Waals surface area contributed by atoms with E-state index in [-0.39, 0.29) is 23.6 Å². The summed E-state index contributed by atoms with van der Waals surface area (Å²) in [5.74, 6) is -0.232.